The van der Waals surface area contributed by atoms with E-state index in [1.807, 2.05) is 0 Å². The molecule has 0 bridgehead atoms. The fourth-order valence-electron chi connectivity index (χ4n) is 3.55. The van der Waals surface area contributed by atoms with Gasteiger partial charge in [-0.3, -0.25) is 0 Å². The summed E-state index contributed by atoms with van der Waals surface area (Å²) in [4.78, 5) is 0. The number of rotatable bonds is 3. The molecular weight excluding hydrogens is 244 g/mol. The van der Waals surface area contributed by atoms with Gasteiger partial charge in [0.25, 0.3) is 0 Å². The van der Waals surface area contributed by atoms with Crippen LogP contribution in [0.3, 0.4) is 0 Å². The number of aliphatic hydroxyl groups is 1. The van der Waals surface area contributed by atoms with Crippen molar-refractivity contribution in [3.8, 4) is 0 Å². The minimum Gasteiger partial charge on any atom is -0.390 e. The summed E-state index contributed by atoms with van der Waals surface area (Å²) in [7, 11) is 0. The molecule has 1 N–H and O–H groups in total. The van der Waals surface area contributed by atoms with Gasteiger partial charge in [0.2, 0.25) is 0 Å². The molecule has 0 aliphatic heterocycles. The zero-order valence-electron chi connectivity index (χ0n) is 13.6. The first-order valence-electron chi connectivity index (χ1n) is 8.18. The molecule has 1 fully saturated rings. The Morgan fingerprint density at radius 1 is 1.15 bits per heavy atom. The summed E-state index contributed by atoms with van der Waals surface area (Å²) in [5.74, 6) is 1.54. The molecular formula is C19H30O. The second-order valence-corrected chi connectivity index (χ2v) is 7.25. The van der Waals surface area contributed by atoms with Gasteiger partial charge < -0.3 is 5.11 Å². The standard InChI is InChI=1S/C19H30O/c1-14(2)18-6-5-10-19(20,11-9-18)13-17-8-7-15(3)16(4)12-17/h7-8,12,14,18,20H,5-6,9-11,13H2,1-4H3. The normalized spacial score (nSPS) is 27.6. The zero-order chi connectivity index (χ0) is 14.8. The van der Waals surface area contributed by atoms with Crippen LogP contribution in [0.15, 0.2) is 18.2 Å². The molecule has 1 aliphatic carbocycles. The Labute approximate surface area is 124 Å². The van der Waals surface area contributed by atoms with Gasteiger partial charge in [0.1, 0.15) is 0 Å². The van der Waals surface area contributed by atoms with Crippen LogP contribution < -0.4 is 0 Å². The molecule has 0 heterocycles. The highest BCUT2D eigenvalue weighted by atomic mass is 16.3. The monoisotopic (exact) mass is 274 g/mol. The minimum atomic E-state index is -0.481. The topological polar surface area (TPSA) is 20.2 Å². The molecule has 1 aromatic carbocycles. The lowest BCUT2D eigenvalue weighted by atomic mass is 9.85. The Kier molecular flexibility index (Phi) is 4.90. The van der Waals surface area contributed by atoms with Crippen molar-refractivity contribution in [3.63, 3.8) is 0 Å². The van der Waals surface area contributed by atoms with Crippen LogP contribution >= 0.6 is 0 Å². The van der Waals surface area contributed by atoms with Gasteiger partial charge in [0.05, 0.1) is 5.60 Å². The summed E-state index contributed by atoms with van der Waals surface area (Å²) in [5.41, 5.74) is 3.48. The first kappa shape index (κ1) is 15.6. The van der Waals surface area contributed by atoms with Gasteiger partial charge in [-0.2, -0.15) is 0 Å². The maximum absolute atomic E-state index is 11.0. The van der Waals surface area contributed by atoms with Crippen molar-refractivity contribution in [1.29, 1.82) is 0 Å². The largest absolute Gasteiger partial charge is 0.390 e. The van der Waals surface area contributed by atoms with E-state index in [1.165, 1.54) is 36.0 Å². The van der Waals surface area contributed by atoms with E-state index in [1.54, 1.807) is 0 Å². The van der Waals surface area contributed by atoms with Crippen LogP contribution in [0.1, 0.15) is 62.6 Å². The van der Waals surface area contributed by atoms with Crippen molar-refractivity contribution in [3.05, 3.63) is 34.9 Å². The number of benzene rings is 1. The molecule has 1 saturated carbocycles. The lowest BCUT2D eigenvalue weighted by Gasteiger charge is -2.27. The third-order valence-corrected chi connectivity index (χ3v) is 5.24. The molecule has 1 aromatic rings. The Balaban J connectivity index is 2.05. The molecule has 1 nitrogen and oxygen atoms in total. The molecule has 20 heavy (non-hydrogen) atoms. The first-order chi connectivity index (χ1) is 9.39. The summed E-state index contributed by atoms with van der Waals surface area (Å²) in [6, 6.07) is 6.62. The molecule has 1 heteroatoms. The van der Waals surface area contributed by atoms with E-state index in [0.717, 1.165) is 31.1 Å². The quantitative estimate of drug-likeness (QED) is 0.784. The molecule has 2 atom stereocenters. The van der Waals surface area contributed by atoms with Crippen LogP contribution in [0.4, 0.5) is 0 Å². The molecule has 0 aromatic heterocycles. The average Bonchev–Trinajstić information content (AvgIpc) is 2.56. The molecule has 2 unspecified atom stereocenters. The maximum Gasteiger partial charge on any atom is 0.0688 e. The Morgan fingerprint density at radius 3 is 2.55 bits per heavy atom. The number of aryl methyl sites for hydroxylation is 2. The van der Waals surface area contributed by atoms with E-state index < -0.39 is 5.60 Å². The van der Waals surface area contributed by atoms with Gasteiger partial charge in [-0.05, 0) is 61.6 Å². The average molecular weight is 274 g/mol. The van der Waals surface area contributed by atoms with Crippen LogP contribution in [0.2, 0.25) is 0 Å². The van der Waals surface area contributed by atoms with Gasteiger partial charge >= 0.3 is 0 Å². The lowest BCUT2D eigenvalue weighted by molar-refractivity contribution is 0.0237. The van der Waals surface area contributed by atoms with E-state index in [9.17, 15) is 5.11 Å². The summed E-state index contributed by atoms with van der Waals surface area (Å²) in [6.07, 6.45) is 6.38. The van der Waals surface area contributed by atoms with Crippen LogP contribution in [0.5, 0.6) is 0 Å². The summed E-state index contributed by atoms with van der Waals surface area (Å²) in [5, 5.41) is 11.0. The van der Waals surface area contributed by atoms with E-state index in [2.05, 4.69) is 45.9 Å². The predicted molar refractivity (Wildman–Crippen MR) is 86.0 cm³/mol. The van der Waals surface area contributed by atoms with E-state index in [4.69, 9.17) is 0 Å². The molecule has 0 radical (unpaired) electrons. The summed E-state index contributed by atoms with van der Waals surface area (Å²) >= 11 is 0. The smallest absolute Gasteiger partial charge is 0.0688 e. The Hall–Kier alpha value is -0.820. The maximum atomic E-state index is 11.0. The predicted octanol–water partition coefficient (Wildman–Crippen LogP) is 4.81. The molecule has 2 rings (SSSR count). The van der Waals surface area contributed by atoms with Crippen molar-refractivity contribution in [1.82, 2.24) is 0 Å². The molecule has 0 saturated heterocycles. The lowest BCUT2D eigenvalue weighted by Crippen LogP contribution is -2.30. The van der Waals surface area contributed by atoms with Crippen LogP contribution in [0.25, 0.3) is 0 Å². The fourth-order valence-corrected chi connectivity index (χ4v) is 3.55. The van der Waals surface area contributed by atoms with Crippen molar-refractivity contribution in [2.45, 2.75) is 71.8 Å². The van der Waals surface area contributed by atoms with Crippen LogP contribution in [-0.4, -0.2) is 10.7 Å². The second kappa shape index (κ2) is 6.30. The van der Waals surface area contributed by atoms with Gasteiger partial charge in [0.15, 0.2) is 0 Å². The Bertz CT molecular complexity index is 449. The highest BCUT2D eigenvalue weighted by Crippen LogP contribution is 2.36. The van der Waals surface area contributed by atoms with Crippen molar-refractivity contribution < 1.29 is 5.11 Å². The molecule has 0 spiro atoms. The van der Waals surface area contributed by atoms with Gasteiger partial charge in [-0.1, -0.05) is 44.9 Å². The van der Waals surface area contributed by atoms with Crippen LogP contribution in [-0.2, 0) is 6.42 Å². The fraction of sp³-hybridized carbons (Fsp3) is 0.684. The van der Waals surface area contributed by atoms with E-state index in [0.29, 0.717) is 0 Å². The number of hydrogen-bond donors (Lipinski definition) is 1. The third kappa shape index (κ3) is 3.85. The third-order valence-electron chi connectivity index (χ3n) is 5.24. The van der Waals surface area contributed by atoms with E-state index >= 15 is 0 Å². The zero-order valence-corrected chi connectivity index (χ0v) is 13.6. The Morgan fingerprint density at radius 2 is 1.90 bits per heavy atom. The summed E-state index contributed by atoms with van der Waals surface area (Å²) < 4.78 is 0. The molecule has 1 aliphatic rings. The molecule has 112 valence electrons. The number of hydrogen-bond acceptors (Lipinski definition) is 1. The molecule has 0 amide bonds. The second-order valence-electron chi connectivity index (χ2n) is 7.25. The summed E-state index contributed by atoms with van der Waals surface area (Å²) in [6.45, 7) is 8.94. The highest BCUT2D eigenvalue weighted by molar-refractivity contribution is 5.30. The van der Waals surface area contributed by atoms with Crippen molar-refractivity contribution >= 4 is 0 Å². The van der Waals surface area contributed by atoms with Gasteiger partial charge in [-0.25, -0.2) is 0 Å². The minimum absolute atomic E-state index is 0.481. The van der Waals surface area contributed by atoms with Gasteiger partial charge in [-0.15, -0.1) is 0 Å². The van der Waals surface area contributed by atoms with Crippen molar-refractivity contribution in [2.24, 2.45) is 11.8 Å². The van der Waals surface area contributed by atoms with Crippen molar-refractivity contribution in [2.75, 3.05) is 0 Å². The van der Waals surface area contributed by atoms with Gasteiger partial charge in [0, 0.05) is 6.42 Å². The SMILES string of the molecule is Cc1ccc(CC2(O)CCCC(C(C)C)CC2)cc1C. The highest BCUT2D eigenvalue weighted by Gasteiger charge is 2.31. The van der Waals surface area contributed by atoms with E-state index in [-0.39, 0.29) is 0 Å². The first-order valence-corrected chi connectivity index (χ1v) is 8.18. The van der Waals surface area contributed by atoms with Crippen LogP contribution in [0, 0.1) is 25.7 Å².